The van der Waals surface area contributed by atoms with Gasteiger partial charge in [0.1, 0.15) is 0 Å². The summed E-state index contributed by atoms with van der Waals surface area (Å²) in [5.74, 6) is 0.561. The Balaban J connectivity index is 1.45. The predicted molar refractivity (Wildman–Crippen MR) is 125 cm³/mol. The second-order valence-electron chi connectivity index (χ2n) is 7.21. The van der Waals surface area contributed by atoms with Crippen LogP contribution in [0.5, 0.6) is 0 Å². The summed E-state index contributed by atoms with van der Waals surface area (Å²) in [5, 5.41) is 9.12. The average Bonchev–Trinajstić information content (AvgIpc) is 3.29. The largest absolute Gasteiger partial charge is 0.411 e. The highest BCUT2D eigenvalue weighted by Crippen LogP contribution is 2.25. The predicted octanol–water partition coefficient (Wildman–Crippen LogP) is 5.41. The Bertz CT molecular complexity index is 1180. The van der Waals surface area contributed by atoms with Gasteiger partial charge in [-0.3, -0.25) is 9.78 Å². The molecule has 0 bridgehead atoms. The molecule has 0 aliphatic heterocycles. The normalized spacial score (nSPS) is 10.8. The average molecular weight is 465 g/mol. The number of carbonyl (C=O) groups excluding carboxylic acids is 1. The van der Waals surface area contributed by atoms with Crippen molar-refractivity contribution >= 4 is 29.3 Å². The van der Waals surface area contributed by atoms with Crippen LogP contribution in [0.3, 0.4) is 0 Å². The molecule has 0 unspecified atom stereocenters. The Morgan fingerprint density at radius 1 is 1.03 bits per heavy atom. The molecular weight excluding hydrogens is 444 g/mol. The smallest absolute Gasteiger partial charge is 0.277 e. The minimum absolute atomic E-state index is 0.0200. The summed E-state index contributed by atoms with van der Waals surface area (Å²) in [7, 11) is 0. The molecule has 2 aromatic heterocycles. The fourth-order valence-corrected chi connectivity index (χ4v) is 3.92. The molecule has 0 spiro atoms. The zero-order valence-electron chi connectivity index (χ0n) is 17.4. The quantitative estimate of drug-likeness (QED) is 0.324. The molecule has 32 heavy (non-hydrogen) atoms. The summed E-state index contributed by atoms with van der Waals surface area (Å²) in [4.78, 5) is 19.1. The molecule has 0 aliphatic rings. The fraction of sp³-hybridized carbons (Fsp3) is 0.167. The zero-order chi connectivity index (χ0) is 22.3. The number of hydrogen-bond acceptors (Lipinski definition) is 6. The highest BCUT2D eigenvalue weighted by molar-refractivity contribution is 7.99. The summed E-state index contributed by atoms with van der Waals surface area (Å²) in [6.45, 7) is 3.04. The first-order valence-electron chi connectivity index (χ1n) is 10.0. The standard InChI is InChI=1S/C24H21ClN4O2S/c1-17-5-2-3-7-20(17)15-29(14-18-6-4-12-26-13-18)22(30)16-32-24-28-27-23(31-24)19-8-10-21(25)11-9-19/h2-13H,14-16H2,1H3. The van der Waals surface area contributed by atoms with Crippen LogP contribution in [-0.2, 0) is 17.9 Å². The molecule has 8 heteroatoms. The van der Waals surface area contributed by atoms with Gasteiger partial charge in [0.2, 0.25) is 11.8 Å². The van der Waals surface area contributed by atoms with Gasteiger partial charge >= 0.3 is 0 Å². The van der Waals surface area contributed by atoms with Crippen molar-refractivity contribution in [1.29, 1.82) is 0 Å². The van der Waals surface area contributed by atoms with Crippen LogP contribution < -0.4 is 0 Å². The van der Waals surface area contributed by atoms with Gasteiger partial charge in [0.25, 0.3) is 5.22 Å². The Kier molecular flexibility index (Phi) is 7.19. The highest BCUT2D eigenvalue weighted by atomic mass is 35.5. The molecule has 0 aliphatic carbocycles. The first kappa shape index (κ1) is 22.0. The number of carbonyl (C=O) groups is 1. The van der Waals surface area contributed by atoms with Crippen LogP contribution in [0.15, 0.2) is 82.7 Å². The van der Waals surface area contributed by atoms with E-state index < -0.39 is 0 Å². The molecule has 0 fully saturated rings. The van der Waals surface area contributed by atoms with Crippen molar-refractivity contribution < 1.29 is 9.21 Å². The molecule has 0 saturated carbocycles. The summed E-state index contributed by atoms with van der Waals surface area (Å²) in [5.41, 5.74) is 4.01. The molecule has 1 amide bonds. The minimum Gasteiger partial charge on any atom is -0.411 e. The van der Waals surface area contributed by atoms with Crippen molar-refractivity contribution in [2.75, 3.05) is 5.75 Å². The lowest BCUT2D eigenvalue weighted by Gasteiger charge is -2.23. The number of halogens is 1. The Hall–Kier alpha value is -3.16. The van der Waals surface area contributed by atoms with E-state index in [0.29, 0.717) is 29.2 Å². The van der Waals surface area contributed by atoms with E-state index in [2.05, 4.69) is 15.2 Å². The van der Waals surface area contributed by atoms with Crippen molar-refractivity contribution in [1.82, 2.24) is 20.1 Å². The van der Waals surface area contributed by atoms with E-state index in [4.69, 9.17) is 16.0 Å². The maximum atomic E-state index is 13.1. The molecule has 2 heterocycles. The van der Waals surface area contributed by atoms with Crippen molar-refractivity contribution in [3.63, 3.8) is 0 Å². The summed E-state index contributed by atoms with van der Waals surface area (Å²) in [6.07, 6.45) is 3.50. The second kappa shape index (κ2) is 10.4. The lowest BCUT2D eigenvalue weighted by molar-refractivity contribution is -0.129. The summed E-state index contributed by atoms with van der Waals surface area (Å²) < 4.78 is 5.71. The van der Waals surface area contributed by atoms with Gasteiger partial charge in [0, 0.05) is 36.1 Å². The lowest BCUT2D eigenvalue weighted by atomic mass is 10.1. The van der Waals surface area contributed by atoms with Gasteiger partial charge < -0.3 is 9.32 Å². The van der Waals surface area contributed by atoms with Crippen molar-refractivity contribution in [2.24, 2.45) is 0 Å². The van der Waals surface area contributed by atoms with Gasteiger partial charge in [0.15, 0.2) is 0 Å². The number of nitrogens with zero attached hydrogens (tertiary/aromatic N) is 4. The zero-order valence-corrected chi connectivity index (χ0v) is 19.0. The van der Waals surface area contributed by atoms with E-state index in [0.717, 1.165) is 22.3 Å². The number of hydrogen-bond donors (Lipinski definition) is 0. The molecule has 2 aromatic carbocycles. The molecule has 6 nitrogen and oxygen atoms in total. The van der Waals surface area contributed by atoms with Crippen LogP contribution in [-0.4, -0.2) is 31.7 Å². The van der Waals surface area contributed by atoms with Gasteiger partial charge in [0.05, 0.1) is 5.75 Å². The highest BCUT2D eigenvalue weighted by Gasteiger charge is 2.18. The summed E-state index contributed by atoms with van der Waals surface area (Å²) in [6, 6.07) is 19.1. The van der Waals surface area contributed by atoms with E-state index in [1.165, 1.54) is 11.8 Å². The third-order valence-electron chi connectivity index (χ3n) is 4.89. The number of rotatable bonds is 8. The third-order valence-corrected chi connectivity index (χ3v) is 5.94. The minimum atomic E-state index is -0.0200. The first-order valence-corrected chi connectivity index (χ1v) is 11.4. The Morgan fingerprint density at radius 2 is 1.84 bits per heavy atom. The maximum absolute atomic E-state index is 13.1. The molecule has 162 valence electrons. The van der Waals surface area contributed by atoms with Crippen LogP contribution in [0.25, 0.3) is 11.5 Å². The molecule has 4 aromatic rings. The van der Waals surface area contributed by atoms with E-state index >= 15 is 0 Å². The SMILES string of the molecule is Cc1ccccc1CN(Cc1cccnc1)C(=O)CSc1nnc(-c2ccc(Cl)cc2)o1. The molecule has 0 saturated heterocycles. The van der Waals surface area contributed by atoms with Crippen LogP contribution in [0.1, 0.15) is 16.7 Å². The number of benzene rings is 2. The van der Waals surface area contributed by atoms with Gasteiger partial charge in [-0.1, -0.05) is 53.7 Å². The van der Waals surface area contributed by atoms with Crippen LogP contribution in [0.2, 0.25) is 5.02 Å². The fourth-order valence-electron chi connectivity index (χ4n) is 3.13. The summed E-state index contributed by atoms with van der Waals surface area (Å²) >= 11 is 7.16. The number of thioether (sulfide) groups is 1. The van der Waals surface area contributed by atoms with E-state index in [-0.39, 0.29) is 11.7 Å². The lowest BCUT2D eigenvalue weighted by Crippen LogP contribution is -2.31. The van der Waals surface area contributed by atoms with E-state index in [1.54, 1.807) is 24.5 Å². The molecular formula is C24H21ClN4O2S. The van der Waals surface area contributed by atoms with Gasteiger partial charge in [-0.25, -0.2) is 0 Å². The van der Waals surface area contributed by atoms with E-state index in [1.807, 2.05) is 60.4 Å². The molecule has 4 rings (SSSR count). The van der Waals surface area contributed by atoms with Gasteiger partial charge in [-0.05, 0) is 53.9 Å². The van der Waals surface area contributed by atoms with E-state index in [9.17, 15) is 4.79 Å². The van der Waals surface area contributed by atoms with Crippen LogP contribution in [0.4, 0.5) is 0 Å². The van der Waals surface area contributed by atoms with Crippen molar-refractivity contribution in [3.05, 3.63) is 94.8 Å². The Labute approximate surface area is 195 Å². The van der Waals surface area contributed by atoms with Crippen LogP contribution >= 0.6 is 23.4 Å². The first-order chi connectivity index (χ1) is 15.6. The third kappa shape index (κ3) is 5.75. The maximum Gasteiger partial charge on any atom is 0.277 e. The second-order valence-corrected chi connectivity index (χ2v) is 8.57. The number of pyridine rings is 1. The monoisotopic (exact) mass is 464 g/mol. The van der Waals surface area contributed by atoms with Gasteiger partial charge in [-0.2, -0.15) is 0 Å². The van der Waals surface area contributed by atoms with Crippen molar-refractivity contribution in [3.8, 4) is 11.5 Å². The number of aromatic nitrogens is 3. The molecule has 0 radical (unpaired) electrons. The van der Waals surface area contributed by atoms with Crippen molar-refractivity contribution in [2.45, 2.75) is 25.2 Å². The van der Waals surface area contributed by atoms with Gasteiger partial charge in [-0.15, -0.1) is 10.2 Å². The molecule has 0 atom stereocenters. The molecule has 0 N–H and O–H groups in total. The number of aryl methyl sites for hydroxylation is 1. The Morgan fingerprint density at radius 3 is 2.59 bits per heavy atom. The topological polar surface area (TPSA) is 72.1 Å². The number of amides is 1. The van der Waals surface area contributed by atoms with Crippen LogP contribution in [0, 0.1) is 6.92 Å².